The fraction of sp³-hybridized carbons (Fsp3) is 0.538. The summed E-state index contributed by atoms with van der Waals surface area (Å²) in [5.41, 5.74) is -0.106. The molecular weight excluding hydrogens is 204 g/mol. The number of hydrogen-bond acceptors (Lipinski definition) is 3. The SMILES string of the molecule is CCCOCC(C)(O)c1ccc(OC)cc1. The molecule has 1 atom stereocenters. The number of benzene rings is 1. The van der Waals surface area contributed by atoms with Gasteiger partial charge in [-0.25, -0.2) is 0 Å². The molecule has 0 radical (unpaired) electrons. The second-order valence-corrected chi connectivity index (χ2v) is 4.05. The summed E-state index contributed by atoms with van der Waals surface area (Å²) in [7, 11) is 1.62. The molecule has 0 spiro atoms. The highest BCUT2D eigenvalue weighted by atomic mass is 16.5. The van der Waals surface area contributed by atoms with Crippen molar-refractivity contribution < 1.29 is 14.6 Å². The minimum Gasteiger partial charge on any atom is -0.497 e. The van der Waals surface area contributed by atoms with E-state index in [1.807, 2.05) is 31.2 Å². The van der Waals surface area contributed by atoms with Crippen LogP contribution in [0, 0.1) is 0 Å². The Morgan fingerprint density at radius 1 is 1.25 bits per heavy atom. The zero-order chi connectivity index (χ0) is 12.0. The van der Waals surface area contributed by atoms with E-state index < -0.39 is 5.60 Å². The van der Waals surface area contributed by atoms with Gasteiger partial charge in [-0.15, -0.1) is 0 Å². The van der Waals surface area contributed by atoms with Crippen LogP contribution >= 0.6 is 0 Å². The van der Waals surface area contributed by atoms with Crippen LogP contribution in [-0.2, 0) is 10.3 Å². The lowest BCUT2D eigenvalue weighted by Crippen LogP contribution is -2.27. The van der Waals surface area contributed by atoms with Gasteiger partial charge in [0, 0.05) is 6.61 Å². The smallest absolute Gasteiger partial charge is 0.118 e. The van der Waals surface area contributed by atoms with E-state index in [4.69, 9.17) is 9.47 Å². The summed E-state index contributed by atoms with van der Waals surface area (Å²) in [4.78, 5) is 0. The van der Waals surface area contributed by atoms with Crippen molar-refractivity contribution in [3.63, 3.8) is 0 Å². The van der Waals surface area contributed by atoms with E-state index in [-0.39, 0.29) is 0 Å². The first-order chi connectivity index (χ1) is 7.60. The van der Waals surface area contributed by atoms with Crippen molar-refractivity contribution in [2.45, 2.75) is 25.9 Å². The molecule has 0 fully saturated rings. The molecule has 0 bridgehead atoms. The van der Waals surface area contributed by atoms with Gasteiger partial charge in [0.2, 0.25) is 0 Å². The van der Waals surface area contributed by atoms with E-state index in [1.165, 1.54) is 0 Å². The van der Waals surface area contributed by atoms with E-state index >= 15 is 0 Å². The molecule has 90 valence electrons. The van der Waals surface area contributed by atoms with Crippen LogP contribution in [0.4, 0.5) is 0 Å². The van der Waals surface area contributed by atoms with Gasteiger partial charge >= 0.3 is 0 Å². The van der Waals surface area contributed by atoms with E-state index in [1.54, 1.807) is 14.0 Å². The van der Waals surface area contributed by atoms with Crippen LogP contribution in [0.1, 0.15) is 25.8 Å². The summed E-state index contributed by atoms with van der Waals surface area (Å²) in [6.45, 7) is 4.78. The lowest BCUT2D eigenvalue weighted by molar-refractivity contribution is -0.0375. The molecule has 0 heterocycles. The van der Waals surface area contributed by atoms with Gasteiger partial charge in [0.25, 0.3) is 0 Å². The van der Waals surface area contributed by atoms with Gasteiger partial charge < -0.3 is 14.6 Å². The van der Waals surface area contributed by atoms with Crippen LogP contribution in [0.15, 0.2) is 24.3 Å². The Hall–Kier alpha value is -1.06. The Labute approximate surface area is 97.0 Å². The quantitative estimate of drug-likeness (QED) is 0.754. The summed E-state index contributed by atoms with van der Waals surface area (Å²) in [5.74, 6) is 0.786. The molecule has 0 aliphatic rings. The van der Waals surface area contributed by atoms with Crippen molar-refractivity contribution in [3.05, 3.63) is 29.8 Å². The molecule has 1 N–H and O–H groups in total. The summed E-state index contributed by atoms with van der Waals surface area (Å²) in [6, 6.07) is 7.38. The van der Waals surface area contributed by atoms with Crippen LogP contribution in [0.5, 0.6) is 5.75 Å². The minimum atomic E-state index is -0.943. The fourth-order valence-electron chi connectivity index (χ4n) is 1.45. The van der Waals surface area contributed by atoms with Crippen LogP contribution in [-0.4, -0.2) is 25.4 Å². The standard InChI is InChI=1S/C13H20O3/c1-4-9-16-10-13(2,14)11-5-7-12(15-3)8-6-11/h5-8,14H,4,9-10H2,1-3H3. The maximum Gasteiger partial charge on any atom is 0.118 e. The van der Waals surface area contributed by atoms with Crippen molar-refractivity contribution in [1.82, 2.24) is 0 Å². The van der Waals surface area contributed by atoms with Gasteiger partial charge in [0.1, 0.15) is 11.4 Å². The Kier molecular flexibility index (Phi) is 4.77. The van der Waals surface area contributed by atoms with Gasteiger partial charge in [-0.05, 0) is 31.0 Å². The molecule has 0 aliphatic heterocycles. The Balaban J connectivity index is 2.65. The van der Waals surface area contributed by atoms with Crippen molar-refractivity contribution >= 4 is 0 Å². The first-order valence-electron chi connectivity index (χ1n) is 5.55. The topological polar surface area (TPSA) is 38.7 Å². The van der Waals surface area contributed by atoms with Crippen LogP contribution in [0.2, 0.25) is 0 Å². The third kappa shape index (κ3) is 3.51. The van der Waals surface area contributed by atoms with Gasteiger partial charge in [0.15, 0.2) is 0 Å². The highest BCUT2D eigenvalue weighted by Crippen LogP contribution is 2.23. The number of rotatable bonds is 6. The molecule has 3 nitrogen and oxygen atoms in total. The van der Waals surface area contributed by atoms with Crippen LogP contribution in [0.3, 0.4) is 0 Å². The number of ether oxygens (including phenoxy) is 2. The highest BCUT2D eigenvalue weighted by Gasteiger charge is 2.23. The van der Waals surface area contributed by atoms with Crippen molar-refractivity contribution in [3.8, 4) is 5.75 Å². The van der Waals surface area contributed by atoms with Gasteiger partial charge in [-0.3, -0.25) is 0 Å². The maximum atomic E-state index is 10.2. The predicted molar refractivity (Wildman–Crippen MR) is 63.7 cm³/mol. The molecule has 1 aromatic rings. The second kappa shape index (κ2) is 5.87. The number of aliphatic hydroxyl groups is 1. The molecule has 3 heteroatoms. The molecule has 16 heavy (non-hydrogen) atoms. The third-order valence-electron chi connectivity index (χ3n) is 2.44. The summed E-state index contributed by atoms with van der Waals surface area (Å²) >= 11 is 0. The molecule has 0 aliphatic carbocycles. The van der Waals surface area contributed by atoms with Crippen LogP contribution in [0.25, 0.3) is 0 Å². The van der Waals surface area contributed by atoms with Crippen LogP contribution < -0.4 is 4.74 Å². The largest absolute Gasteiger partial charge is 0.497 e. The van der Waals surface area contributed by atoms with E-state index in [2.05, 4.69) is 0 Å². The zero-order valence-corrected chi connectivity index (χ0v) is 10.2. The third-order valence-corrected chi connectivity index (χ3v) is 2.44. The summed E-state index contributed by atoms with van der Waals surface area (Å²) in [6.07, 6.45) is 0.957. The lowest BCUT2D eigenvalue weighted by atomic mass is 9.97. The molecule has 1 unspecified atom stereocenters. The Morgan fingerprint density at radius 3 is 2.38 bits per heavy atom. The van der Waals surface area contributed by atoms with E-state index in [9.17, 15) is 5.11 Å². The first kappa shape index (κ1) is 13.0. The average Bonchev–Trinajstić information content (AvgIpc) is 2.29. The average molecular weight is 224 g/mol. The van der Waals surface area contributed by atoms with E-state index in [0.29, 0.717) is 13.2 Å². The molecule has 0 saturated heterocycles. The second-order valence-electron chi connectivity index (χ2n) is 4.05. The molecule has 0 saturated carbocycles. The van der Waals surface area contributed by atoms with Crippen molar-refractivity contribution in [1.29, 1.82) is 0 Å². The van der Waals surface area contributed by atoms with Gasteiger partial charge in [0.05, 0.1) is 13.7 Å². The van der Waals surface area contributed by atoms with Crippen molar-refractivity contribution in [2.75, 3.05) is 20.3 Å². The summed E-state index contributed by atoms with van der Waals surface area (Å²) < 4.78 is 10.4. The Bertz CT molecular complexity index is 303. The molecule has 1 rings (SSSR count). The first-order valence-corrected chi connectivity index (χ1v) is 5.55. The van der Waals surface area contributed by atoms with Gasteiger partial charge in [-0.1, -0.05) is 19.1 Å². The summed E-state index contributed by atoms with van der Waals surface area (Å²) in [5, 5.41) is 10.2. The number of methoxy groups -OCH3 is 1. The zero-order valence-electron chi connectivity index (χ0n) is 10.2. The molecular formula is C13H20O3. The predicted octanol–water partition coefficient (Wildman–Crippen LogP) is 2.33. The highest BCUT2D eigenvalue weighted by molar-refractivity contribution is 5.30. The van der Waals surface area contributed by atoms with E-state index in [0.717, 1.165) is 17.7 Å². The lowest BCUT2D eigenvalue weighted by Gasteiger charge is -2.23. The minimum absolute atomic E-state index is 0.313. The molecule has 0 amide bonds. The Morgan fingerprint density at radius 2 is 1.88 bits per heavy atom. The molecule has 1 aromatic carbocycles. The maximum absolute atomic E-state index is 10.2. The normalized spacial score (nSPS) is 14.5. The van der Waals surface area contributed by atoms with Gasteiger partial charge in [-0.2, -0.15) is 0 Å². The number of hydrogen-bond donors (Lipinski definition) is 1. The van der Waals surface area contributed by atoms with Crippen molar-refractivity contribution in [2.24, 2.45) is 0 Å². The monoisotopic (exact) mass is 224 g/mol. The fourth-order valence-corrected chi connectivity index (χ4v) is 1.45. The molecule has 0 aromatic heterocycles.